The maximum atomic E-state index is 13.4. The van der Waals surface area contributed by atoms with E-state index in [1.807, 2.05) is 59.5 Å². The fraction of sp³-hybridized carbons (Fsp3) is 0.324. The van der Waals surface area contributed by atoms with E-state index in [1.54, 1.807) is 20.3 Å². The highest BCUT2D eigenvalue weighted by molar-refractivity contribution is 5.91. The van der Waals surface area contributed by atoms with Crippen molar-refractivity contribution in [2.75, 3.05) is 47.2 Å². The van der Waals surface area contributed by atoms with Crippen molar-refractivity contribution in [3.63, 3.8) is 0 Å². The van der Waals surface area contributed by atoms with Crippen LogP contribution in [0.4, 0.5) is 0 Å². The molecule has 43 heavy (non-hydrogen) atoms. The summed E-state index contributed by atoms with van der Waals surface area (Å²) in [5.74, 6) is 4.20. The van der Waals surface area contributed by atoms with E-state index in [9.17, 15) is 4.79 Å². The average Bonchev–Trinajstić information content (AvgIpc) is 3.71. The van der Waals surface area contributed by atoms with Crippen LogP contribution in [0, 0.1) is 0 Å². The van der Waals surface area contributed by atoms with Crippen LogP contribution in [0.25, 0.3) is 0 Å². The number of piperazine rings is 1. The summed E-state index contributed by atoms with van der Waals surface area (Å²) in [6, 6.07) is 25.9. The number of carbonyl (C=O) groups is 1. The van der Waals surface area contributed by atoms with E-state index in [4.69, 9.17) is 23.4 Å². The SMILES string of the molecule is COc1ccc(OC)c(CN(Cc2ccccc2)Cc2ccc(C(=O)N3CCN(Cc4ccc5c(c4)OCO5)CC3)o2)c1. The number of carbonyl (C=O) groups excluding carboxylic acids is 1. The summed E-state index contributed by atoms with van der Waals surface area (Å²) in [7, 11) is 3.34. The molecule has 1 aromatic heterocycles. The normalized spacial score (nSPS) is 14.7. The monoisotopic (exact) mass is 583 g/mol. The van der Waals surface area contributed by atoms with Gasteiger partial charge in [-0.15, -0.1) is 0 Å². The molecule has 224 valence electrons. The van der Waals surface area contributed by atoms with Crippen LogP contribution in [0.3, 0.4) is 0 Å². The molecule has 0 unspecified atom stereocenters. The topological polar surface area (TPSA) is 76.9 Å². The smallest absolute Gasteiger partial charge is 0.289 e. The number of ether oxygens (including phenoxy) is 4. The summed E-state index contributed by atoms with van der Waals surface area (Å²) in [4.78, 5) is 19.9. The Morgan fingerprint density at radius 1 is 0.791 bits per heavy atom. The Bertz CT molecular complexity index is 1530. The number of benzene rings is 3. The van der Waals surface area contributed by atoms with E-state index in [2.05, 4.69) is 28.0 Å². The van der Waals surface area contributed by atoms with Crippen LogP contribution < -0.4 is 18.9 Å². The van der Waals surface area contributed by atoms with E-state index in [-0.39, 0.29) is 12.7 Å². The van der Waals surface area contributed by atoms with Crippen LogP contribution in [0.5, 0.6) is 23.0 Å². The van der Waals surface area contributed by atoms with E-state index < -0.39 is 0 Å². The van der Waals surface area contributed by atoms with E-state index >= 15 is 0 Å². The molecule has 0 N–H and O–H groups in total. The molecule has 0 atom stereocenters. The molecule has 9 nitrogen and oxygen atoms in total. The van der Waals surface area contributed by atoms with Gasteiger partial charge < -0.3 is 28.3 Å². The van der Waals surface area contributed by atoms with Gasteiger partial charge in [-0.05, 0) is 53.6 Å². The van der Waals surface area contributed by atoms with Gasteiger partial charge in [0, 0.05) is 51.4 Å². The number of hydrogen-bond acceptors (Lipinski definition) is 8. The van der Waals surface area contributed by atoms with Crippen molar-refractivity contribution in [3.05, 3.63) is 107 Å². The molecule has 0 spiro atoms. The zero-order valence-electron chi connectivity index (χ0n) is 24.7. The van der Waals surface area contributed by atoms with Crippen molar-refractivity contribution < 1.29 is 28.2 Å². The lowest BCUT2D eigenvalue weighted by molar-refractivity contribution is 0.0594. The first-order chi connectivity index (χ1) is 21.1. The number of nitrogens with zero attached hydrogens (tertiary/aromatic N) is 3. The first kappa shape index (κ1) is 28.6. The number of hydrogen-bond donors (Lipinski definition) is 0. The number of rotatable bonds is 11. The second kappa shape index (κ2) is 13.2. The molecular weight excluding hydrogens is 546 g/mol. The predicted molar refractivity (Wildman–Crippen MR) is 161 cm³/mol. The van der Waals surface area contributed by atoms with Gasteiger partial charge in [0.05, 0.1) is 20.8 Å². The second-order valence-corrected chi connectivity index (χ2v) is 10.8. The van der Waals surface area contributed by atoms with Crippen molar-refractivity contribution in [2.24, 2.45) is 0 Å². The molecule has 9 heteroatoms. The van der Waals surface area contributed by atoms with Crippen molar-refractivity contribution >= 4 is 5.91 Å². The highest BCUT2D eigenvalue weighted by Crippen LogP contribution is 2.33. The van der Waals surface area contributed by atoms with Gasteiger partial charge in [0.15, 0.2) is 17.3 Å². The van der Waals surface area contributed by atoms with Gasteiger partial charge in [-0.2, -0.15) is 0 Å². The molecule has 6 rings (SSSR count). The molecule has 2 aliphatic heterocycles. The molecule has 0 radical (unpaired) electrons. The molecule has 0 bridgehead atoms. The molecule has 1 fully saturated rings. The number of methoxy groups -OCH3 is 2. The fourth-order valence-electron chi connectivity index (χ4n) is 5.62. The van der Waals surface area contributed by atoms with Crippen LogP contribution in [-0.4, -0.2) is 67.8 Å². The van der Waals surface area contributed by atoms with Gasteiger partial charge in [-0.25, -0.2) is 0 Å². The predicted octanol–water partition coefficient (Wildman–Crippen LogP) is 5.19. The Hall–Kier alpha value is -4.47. The molecule has 0 saturated carbocycles. The number of fused-ring (bicyclic) bond motifs is 1. The first-order valence-corrected chi connectivity index (χ1v) is 14.5. The van der Waals surface area contributed by atoms with Gasteiger partial charge in [0.2, 0.25) is 6.79 Å². The third-order valence-corrected chi connectivity index (χ3v) is 7.89. The van der Waals surface area contributed by atoms with Gasteiger partial charge in [0.1, 0.15) is 17.3 Å². The molecule has 1 amide bonds. The quantitative estimate of drug-likeness (QED) is 0.239. The Morgan fingerprint density at radius 2 is 1.60 bits per heavy atom. The minimum absolute atomic E-state index is 0.0712. The lowest BCUT2D eigenvalue weighted by Gasteiger charge is -2.34. The van der Waals surface area contributed by atoms with E-state index in [1.165, 1.54) is 11.1 Å². The highest BCUT2D eigenvalue weighted by atomic mass is 16.7. The third-order valence-electron chi connectivity index (χ3n) is 7.89. The number of amides is 1. The van der Waals surface area contributed by atoms with Gasteiger partial charge in [0.25, 0.3) is 5.91 Å². The summed E-state index contributed by atoms with van der Waals surface area (Å²) < 4.78 is 28.2. The highest BCUT2D eigenvalue weighted by Gasteiger charge is 2.25. The summed E-state index contributed by atoms with van der Waals surface area (Å²) in [5, 5.41) is 0. The molecule has 3 heterocycles. The Balaban J connectivity index is 1.09. The average molecular weight is 584 g/mol. The van der Waals surface area contributed by atoms with Crippen LogP contribution >= 0.6 is 0 Å². The van der Waals surface area contributed by atoms with E-state index in [0.29, 0.717) is 38.5 Å². The van der Waals surface area contributed by atoms with Crippen LogP contribution in [0.2, 0.25) is 0 Å². The Labute approximate surface area is 252 Å². The summed E-state index contributed by atoms with van der Waals surface area (Å²) in [6.45, 7) is 5.81. The maximum absolute atomic E-state index is 13.4. The zero-order valence-corrected chi connectivity index (χ0v) is 24.7. The molecule has 3 aromatic carbocycles. The first-order valence-electron chi connectivity index (χ1n) is 14.5. The summed E-state index contributed by atoms with van der Waals surface area (Å²) in [6.07, 6.45) is 0. The lowest BCUT2D eigenvalue weighted by atomic mass is 10.1. The van der Waals surface area contributed by atoms with E-state index in [0.717, 1.165) is 54.0 Å². The molecule has 1 saturated heterocycles. The van der Waals surface area contributed by atoms with Gasteiger partial charge >= 0.3 is 0 Å². The Morgan fingerprint density at radius 3 is 2.40 bits per heavy atom. The lowest BCUT2D eigenvalue weighted by Crippen LogP contribution is -2.48. The molecule has 4 aromatic rings. The van der Waals surface area contributed by atoms with Gasteiger partial charge in [-0.3, -0.25) is 14.6 Å². The van der Waals surface area contributed by atoms with Crippen LogP contribution in [-0.2, 0) is 26.2 Å². The molecule has 2 aliphatic rings. The fourth-order valence-corrected chi connectivity index (χ4v) is 5.62. The van der Waals surface area contributed by atoms with Crippen molar-refractivity contribution in [1.82, 2.24) is 14.7 Å². The summed E-state index contributed by atoms with van der Waals surface area (Å²) in [5.41, 5.74) is 3.37. The largest absolute Gasteiger partial charge is 0.497 e. The third kappa shape index (κ3) is 6.96. The van der Waals surface area contributed by atoms with Gasteiger partial charge in [-0.1, -0.05) is 36.4 Å². The standard InChI is InChI=1S/C34H37N3O6/c1-39-28-9-12-30(40-2)27(19-28)22-36(20-25-6-4-3-5-7-25)23-29-10-13-32(43-29)34(38)37-16-14-35(15-17-37)21-26-8-11-31-33(18-26)42-24-41-31/h3-13,18-19H,14-17,20-24H2,1-2H3. The van der Waals surface area contributed by atoms with Crippen molar-refractivity contribution in [2.45, 2.75) is 26.2 Å². The molecule has 0 aliphatic carbocycles. The van der Waals surface area contributed by atoms with Crippen LogP contribution in [0.1, 0.15) is 33.0 Å². The Kier molecular flexibility index (Phi) is 8.81. The second-order valence-electron chi connectivity index (χ2n) is 10.8. The minimum Gasteiger partial charge on any atom is -0.497 e. The van der Waals surface area contributed by atoms with Crippen LogP contribution in [0.15, 0.2) is 83.3 Å². The van der Waals surface area contributed by atoms with Crippen molar-refractivity contribution in [3.8, 4) is 23.0 Å². The summed E-state index contributed by atoms with van der Waals surface area (Å²) >= 11 is 0. The minimum atomic E-state index is -0.0712. The van der Waals surface area contributed by atoms with Crippen molar-refractivity contribution in [1.29, 1.82) is 0 Å². The molecular formula is C34H37N3O6. The zero-order chi connectivity index (χ0) is 29.6. The number of furan rings is 1. The maximum Gasteiger partial charge on any atom is 0.289 e.